The third-order valence-electron chi connectivity index (χ3n) is 4.04. The van der Waals surface area contributed by atoms with Crippen molar-refractivity contribution in [2.24, 2.45) is 0 Å². The first-order valence-corrected chi connectivity index (χ1v) is 7.71. The summed E-state index contributed by atoms with van der Waals surface area (Å²) in [6.07, 6.45) is 3.12. The van der Waals surface area contributed by atoms with Crippen molar-refractivity contribution < 1.29 is 28.2 Å². The van der Waals surface area contributed by atoms with E-state index in [4.69, 9.17) is 5.11 Å². The third kappa shape index (κ3) is 2.84. The highest BCUT2D eigenvalue weighted by molar-refractivity contribution is 5.93. The van der Waals surface area contributed by atoms with Crippen LogP contribution < -0.4 is 5.43 Å². The van der Waals surface area contributed by atoms with Crippen LogP contribution >= 0.6 is 0 Å². The minimum Gasteiger partial charge on any atom is -0.477 e. The van der Waals surface area contributed by atoms with Crippen LogP contribution in [0.15, 0.2) is 29.6 Å². The van der Waals surface area contributed by atoms with Gasteiger partial charge in [-0.3, -0.25) is 9.36 Å². The molecule has 10 heteroatoms. The molecule has 1 aromatic carbocycles. The Balaban J connectivity index is 2.36. The molecule has 27 heavy (non-hydrogen) atoms. The lowest BCUT2D eigenvalue weighted by atomic mass is 10.1. The van der Waals surface area contributed by atoms with Crippen LogP contribution in [-0.2, 0) is 11.3 Å². The summed E-state index contributed by atoms with van der Waals surface area (Å²) in [6.45, 7) is 1.75. The van der Waals surface area contributed by atoms with Gasteiger partial charge in [-0.15, -0.1) is 0 Å². The van der Waals surface area contributed by atoms with Gasteiger partial charge in [-0.2, -0.15) is 0 Å². The first-order chi connectivity index (χ1) is 12.8. The average molecular weight is 377 g/mol. The molecule has 0 unspecified atom stereocenters. The lowest BCUT2D eigenvalue weighted by Crippen LogP contribution is -2.20. The van der Waals surface area contributed by atoms with Crippen molar-refractivity contribution in [1.29, 1.82) is 0 Å². The second kappa shape index (κ2) is 6.63. The zero-order valence-electron chi connectivity index (χ0n) is 14.2. The lowest BCUT2D eigenvalue weighted by Gasteiger charge is -2.14. The molecule has 0 fully saturated rings. The van der Waals surface area contributed by atoms with E-state index in [2.05, 4.69) is 9.72 Å². The van der Waals surface area contributed by atoms with Crippen molar-refractivity contribution in [3.8, 4) is 5.69 Å². The van der Waals surface area contributed by atoms with E-state index in [0.29, 0.717) is 0 Å². The molecule has 140 valence electrons. The fourth-order valence-electron chi connectivity index (χ4n) is 2.77. The molecule has 0 aliphatic heterocycles. The van der Waals surface area contributed by atoms with Gasteiger partial charge in [0.1, 0.15) is 17.6 Å². The van der Waals surface area contributed by atoms with Gasteiger partial charge in [-0.1, -0.05) is 0 Å². The van der Waals surface area contributed by atoms with E-state index >= 15 is 4.39 Å². The minimum atomic E-state index is -1.49. The smallest absolute Gasteiger partial charge is 0.358 e. The second-order valence-corrected chi connectivity index (χ2v) is 5.54. The molecule has 0 radical (unpaired) electrons. The number of pyridine rings is 1. The summed E-state index contributed by atoms with van der Waals surface area (Å²) in [4.78, 5) is 38.8. The van der Waals surface area contributed by atoms with Gasteiger partial charge >= 0.3 is 11.9 Å². The summed E-state index contributed by atoms with van der Waals surface area (Å²) in [5, 5.41) is 8.74. The van der Waals surface area contributed by atoms with Gasteiger partial charge in [-0.25, -0.2) is 23.4 Å². The Bertz CT molecular complexity index is 1150. The monoisotopic (exact) mass is 377 g/mol. The number of aromatic nitrogens is 3. The SMILES string of the molecule is CCn1cc(C(=O)O)c(=O)c2cc(F)c(-n3cnc(C(=O)OC)c3)c(F)c21. The molecule has 8 nitrogen and oxygen atoms in total. The molecule has 0 aliphatic rings. The van der Waals surface area contributed by atoms with Crippen molar-refractivity contribution in [3.63, 3.8) is 0 Å². The number of ether oxygens (including phenoxy) is 1. The number of benzene rings is 1. The summed E-state index contributed by atoms with van der Waals surface area (Å²) in [6, 6.07) is 0.770. The van der Waals surface area contributed by atoms with E-state index in [1.165, 1.54) is 4.57 Å². The van der Waals surface area contributed by atoms with Crippen LogP contribution in [0.5, 0.6) is 0 Å². The fourth-order valence-corrected chi connectivity index (χ4v) is 2.77. The number of carbonyl (C=O) groups excluding carboxylic acids is 1. The van der Waals surface area contributed by atoms with Crippen LogP contribution in [0.25, 0.3) is 16.6 Å². The molecule has 0 aliphatic carbocycles. The van der Waals surface area contributed by atoms with Gasteiger partial charge in [0.25, 0.3) is 0 Å². The van der Waals surface area contributed by atoms with Crippen molar-refractivity contribution >= 4 is 22.8 Å². The highest BCUT2D eigenvalue weighted by atomic mass is 19.1. The minimum absolute atomic E-state index is 0.135. The summed E-state index contributed by atoms with van der Waals surface area (Å²) < 4.78 is 36.4. The van der Waals surface area contributed by atoms with Gasteiger partial charge < -0.3 is 14.4 Å². The Kier molecular flexibility index (Phi) is 4.48. The van der Waals surface area contributed by atoms with E-state index in [1.54, 1.807) is 6.92 Å². The Morgan fingerprint density at radius 3 is 2.59 bits per heavy atom. The first kappa shape index (κ1) is 18.2. The van der Waals surface area contributed by atoms with Crippen LogP contribution in [0.3, 0.4) is 0 Å². The van der Waals surface area contributed by atoms with Crippen LogP contribution in [0.4, 0.5) is 8.78 Å². The third-order valence-corrected chi connectivity index (χ3v) is 4.04. The van der Waals surface area contributed by atoms with Crippen molar-refractivity contribution in [2.75, 3.05) is 7.11 Å². The van der Waals surface area contributed by atoms with E-state index in [9.17, 15) is 18.8 Å². The van der Waals surface area contributed by atoms with Crippen molar-refractivity contribution in [1.82, 2.24) is 14.1 Å². The molecule has 3 rings (SSSR count). The number of rotatable bonds is 4. The number of hydrogen-bond acceptors (Lipinski definition) is 5. The number of aryl methyl sites for hydroxylation is 1. The molecule has 0 spiro atoms. The zero-order valence-corrected chi connectivity index (χ0v) is 14.2. The second-order valence-electron chi connectivity index (χ2n) is 5.54. The van der Waals surface area contributed by atoms with Gasteiger partial charge in [-0.05, 0) is 13.0 Å². The maximum atomic E-state index is 15.2. The van der Waals surface area contributed by atoms with Crippen LogP contribution in [0, 0.1) is 11.6 Å². The predicted molar refractivity (Wildman–Crippen MR) is 89.2 cm³/mol. The molecule has 2 aromatic heterocycles. The normalized spacial score (nSPS) is 11.0. The lowest BCUT2D eigenvalue weighted by molar-refractivity contribution is 0.0593. The van der Waals surface area contributed by atoms with Crippen LogP contribution in [-0.4, -0.2) is 38.3 Å². The number of aromatic carboxylic acids is 1. The van der Waals surface area contributed by atoms with E-state index < -0.39 is 45.6 Å². The largest absolute Gasteiger partial charge is 0.477 e. The number of carboxylic acid groups (broad SMARTS) is 1. The summed E-state index contributed by atoms with van der Waals surface area (Å²) in [5.41, 5.74) is -2.56. The number of carbonyl (C=O) groups is 2. The van der Waals surface area contributed by atoms with E-state index in [1.807, 2.05) is 0 Å². The van der Waals surface area contributed by atoms with Crippen LogP contribution in [0.2, 0.25) is 0 Å². The van der Waals surface area contributed by atoms with Gasteiger partial charge in [0.2, 0.25) is 5.43 Å². The average Bonchev–Trinajstić information content (AvgIpc) is 3.11. The maximum Gasteiger partial charge on any atom is 0.358 e. The number of halogens is 2. The molecule has 0 atom stereocenters. The number of hydrogen-bond donors (Lipinski definition) is 1. The Morgan fingerprint density at radius 2 is 2.00 bits per heavy atom. The Morgan fingerprint density at radius 1 is 1.30 bits per heavy atom. The summed E-state index contributed by atoms with van der Waals surface area (Å²) in [5.74, 6) is -4.48. The number of fused-ring (bicyclic) bond motifs is 1. The van der Waals surface area contributed by atoms with Gasteiger partial charge in [0.05, 0.1) is 18.0 Å². The molecular weight excluding hydrogens is 364 g/mol. The molecule has 0 amide bonds. The van der Waals surface area contributed by atoms with E-state index in [-0.39, 0.29) is 17.8 Å². The quantitative estimate of drug-likeness (QED) is 0.698. The maximum absolute atomic E-state index is 15.2. The zero-order chi connectivity index (χ0) is 19.9. The van der Waals surface area contributed by atoms with Crippen molar-refractivity contribution in [3.05, 3.63) is 57.9 Å². The predicted octanol–water partition coefficient (Wildman–Crippen LogP) is 1.97. The molecule has 0 bridgehead atoms. The summed E-state index contributed by atoms with van der Waals surface area (Å²) in [7, 11) is 1.14. The van der Waals surface area contributed by atoms with Gasteiger partial charge in [0, 0.05) is 18.9 Å². The van der Waals surface area contributed by atoms with E-state index in [0.717, 1.165) is 36.5 Å². The number of nitrogens with zero attached hydrogens (tertiary/aromatic N) is 3. The standard InChI is InChI=1S/C17H13F2N3O5/c1-3-21-5-9(16(24)25)15(23)8-4-10(18)14(12(19)13(8)21)22-6-11(20-7-22)17(26)27-2/h4-7H,3H2,1-2H3,(H,24,25). The Hall–Kier alpha value is -3.56. The highest BCUT2D eigenvalue weighted by Crippen LogP contribution is 2.26. The Labute approximate surface area is 150 Å². The molecule has 2 heterocycles. The number of carboxylic acids is 1. The number of methoxy groups -OCH3 is 1. The first-order valence-electron chi connectivity index (χ1n) is 7.71. The molecule has 0 saturated heterocycles. The highest BCUT2D eigenvalue weighted by Gasteiger charge is 2.23. The van der Waals surface area contributed by atoms with Gasteiger partial charge in [0.15, 0.2) is 17.3 Å². The molecule has 3 aromatic rings. The molecule has 1 N–H and O–H groups in total. The van der Waals surface area contributed by atoms with Crippen molar-refractivity contribution in [2.45, 2.75) is 13.5 Å². The van der Waals surface area contributed by atoms with Crippen LogP contribution in [0.1, 0.15) is 27.8 Å². The molecular formula is C17H13F2N3O5. The number of imidazole rings is 1. The number of esters is 1. The fraction of sp³-hybridized carbons (Fsp3) is 0.176. The molecule has 0 saturated carbocycles. The summed E-state index contributed by atoms with van der Waals surface area (Å²) >= 11 is 0. The topological polar surface area (TPSA) is 103 Å².